The largest absolute Gasteiger partial charge is 0.494 e. The topological polar surface area (TPSA) is 111 Å². The summed E-state index contributed by atoms with van der Waals surface area (Å²) < 4.78 is 9.68. The van der Waals surface area contributed by atoms with E-state index in [-0.39, 0.29) is 17.5 Å². The third kappa shape index (κ3) is 3.48. The number of nitrogens with two attached hydrogens (primary N) is 1. The normalized spacial score (nSPS) is 16.6. The van der Waals surface area contributed by atoms with Crippen molar-refractivity contribution in [1.82, 2.24) is 24.0 Å². The van der Waals surface area contributed by atoms with Crippen molar-refractivity contribution in [1.29, 1.82) is 0 Å². The maximum Gasteiger partial charge on any atom is 0.254 e. The predicted octanol–water partition coefficient (Wildman–Crippen LogP) is 2.48. The van der Waals surface area contributed by atoms with Crippen molar-refractivity contribution in [2.24, 2.45) is 12.8 Å². The van der Waals surface area contributed by atoms with Gasteiger partial charge in [-0.3, -0.25) is 9.59 Å². The van der Waals surface area contributed by atoms with Crippen LogP contribution in [-0.4, -0.2) is 56.2 Å². The zero-order valence-corrected chi connectivity index (χ0v) is 19.1. The lowest BCUT2D eigenvalue weighted by molar-refractivity contribution is 0.0708. The number of likely N-dealkylation sites (tertiary alicyclic amines) is 1. The van der Waals surface area contributed by atoms with Gasteiger partial charge in [-0.05, 0) is 44.0 Å². The molecule has 1 atom stereocenters. The van der Waals surface area contributed by atoms with Gasteiger partial charge >= 0.3 is 0 Å². The third-order valence-corrected chi connectivity index (χ3v) is 6.47. The summed E-state index contributed by atoms with van der Waals surface area (Å²) in [4.78, 5) is 34.7. The van der Waals surface area contributed by atoms with Crippen molar-refractivity contribution in [3.63, 3.8) is 0 Å². The number of aryl methyl sites for hydroxylation is 2. The minimum Gasteiger partial charge on any atom is -0.494 e. The van der Waals surface area contributed by atoms with Crippen LogP contribution in [0.15, 0.2) is 35.1 Å². The molecule has 1 fully saturated rings. The number of nitrogens with one attached hydrogen (secondary N) is 1. The molecule has 0 saturated carbocycles. The number of imidazole rings is 1. The van der Waals surface area contributed by atoms with Crippen LogP contribution in [0.4, 0.5) is 0 Å². The molecular formula is C24H28N6O3. The van der Waals surface area contributed by atoms with Crippen LogP contribution in [0, 0.1) is 0 Å². The van der Waals surface area contributed by atoms with Gasteiger partial charge in [0.05, 0.1) is 18.3 Å². The van der Waals surface area contributed by atoms with Gasteiger partial charge in [0.25, 0.3) is 5.91 Å². The first-order valence-electron chi connectivity index (χ1n) is 11.2. The molecule has 33 heavy (non-hydrogen) atoms. The number of aromatic amines is 1. The molecule has 9 nitrogen and oxygen atoms in total. The standard InChI is InChI=1S/C24H28N6O3/c1-4-30-18(11-14-7-8-20(31)27-22(14)30)23-26-17-10-15(12-19(33-3)21(17)28(23)2)24(32)29-9-5-6-16(25)13-29/h7-8,10-12,16H,4-6,9,13,25H2,1-3H3,(H,27,31)/t16-/m1/s1. The average molecular weight is 449 g/mol. The molecular weight excluding hydrogens is 420 g/mol. The fourth-order valence-corrected chi connectivity index (χ4v) is 4.87. The highest BCUT2D eigenvalue weighted by Gasteiger charge is 2.25. The Bertz CT molecular complexity index is 1430. The lowest BCUT2D eigenvalue weighted by atomic mass is 10.0. The maximum atomic E-state index is 13.2. The Hall–Kier alpha value is -3.59. The second kappa shape index (κ2) is 8.08. The summed E-state index contributed by atoms with van der Waals surface area (Å²) in [6, 6.07) is 8.97. The van der Waals surface area contributed by atoms with E-state index in [1.807, 2.05) is 46.2 Å². The molecule has 1 aliphatic heterocycles. The van der Waals surface area contributed by atoms with Crippen LogP contribution in [0.5, 0.6) is 5.75 Å². The molecule has 4 aromatic rings. The quantitative estimate of drug-likeness (QED) is 0.498. The number of hydrogen-bond donors (Lipinski definition) is 2. The summed E-state index contributed by atoms with van der Waals surface area (Å²) >= 11 is 0. The number of pyridine rings is 1. The lowest BCUT2D eigenvalue weighted by Crippen LogP contribution is -2.45. The molecule has 3 aromatic heterocycles. The van der Waals surface area contributed by atoms with Crippen LogP contribution in [-0.2, 0) is 13.6 Å². The van der Waals surface area contributed by atoms with E-state index in [2.05, 4.69) is 4.98 Å². The summed E-state index contributed by atoms with van der Waals surface area (Å²) in [7, 11) is 3.53. The second-order valence-corrected chi connectivity index (χ2v) is 8.59. The van der Waals surface area contributed by atoms with Crippen LogP contribution in [0.1, 0.15) is 30.1 Å². The van der Waals surface area contributed by atoms with Gasteiger partial charge in [0.1, 0.15) is 16.9 Å². The van der Waals surface area contributed by atoms with Crippen LogP contribution >= 0.6 is 0 Å². The van der Waals surface area contributed by atoms with Crippen molar-refractivity contribution in [2.45, 2.75) is 32.4 Å². The molecule has 1 aromatic carbocycles. The third-order valence-electron chi connectivity index (χ3n) is 6.47. The highest BCUT2D eigenvalue weighted by Crippen LogP contribution is 2.34. The van der Waals surface area contributed by atoms with E-state index in [4.69, 9.17) is 15.5 Å². The summed E-state index contributed by atoms with van der Waals surface area (Å²) in [6.45, 7) is 3.95. The number of nitrogens with zero attached hydrogens (tertiary/aromatic N) is 4. The van der Waals surface area contributed by atoms with Crippen molar-refractivity contribution in [3.8, 4) is 17.3 Å². The number of fused-ring (bicyclic) bond motifs is 2. The molecule has 1 amide bonds. The van der Waals surface area contributed by atoms with E-state index in [9.17, 15) is 9.59 Å². The number of carbonyl (C=O) groups excluding carboxylic acids is 1. The van der Waals surface area contributed by atoms with Gasteiger partial charge in [-0.2, -0.15) is 0 Å². The molecule has 3 N–H and O–H groups in total. The number of piperidine rings is 1. The number of amides is 1. The van der Waals surface area contributed by atoms with Crippen molar-refractivity contribution >= 4 is 28.0 Å². The molecule has 1 saturated heterocycles. The molecule has 9 heteroatoms. The molecule has 0 radical (unpaired) electrons. The zero-order valence-electron chi connectivity index (χ0n) is 19.1. The fraction of sp³-hybridized carbons (Fsp3) is 0.375. The number of rotatable bonds is 4. The minimum absolute atomic E-state index is 0.0113. The van der Waals surface area contributed by atoms with Crippen LogP contribution in [0.3, 0.4) is 0 Å². The molecule has 0 aliphatic carbocycles. The predicted molar refractivity (Wildman–Crippen MR) is 128 cm³/mol. The highest BCUT2D eigenvalue weighted by molar-refractivity contribution is 6.00. The number of methoxy groups -OCH3 is 1. The highest BCUT2D eigenvalue weighted by atomic mass is 16.5. The van der Waals surface area contributed by atoms with Crippen molar-refractivity contribution < 1.29 is 9.53 Å². The van der Waals surface area contributed by atoms with Gasteiger partial charge < -0.3 is 29.5 Å². The number of hydrogen-bond acceptors (Lipinski definition) is 5. The summed E-state index contributed by atoms with van der Waals surface area (Å²) in [5.74, 6) is 1.26. The van der Waals surface area contributed by atoms with E-state index in [1.165, 1.54) is 6.07 Å². The molecule has 1 aliphatic rings. The molecule has 0 bridgehead atoms. The van der Waals surface area contributed by atoms with E-state index >= 15 is 0 Å². The Kier molecular flexibility index (Phi) is 5.20. The maximum absolute atomic E-state index is 13.2. The average Bonchev–Trinajstić information content (AvgIpc) is 3.34. The number of aromatic nitrogens is 4. The Morgan fingerprint density at radius 3 is 2.85 bits per heavy atom. The van der Waals surface area contributed by atoms with Crippen LogP contribution in [0.25, 0.3) is 33.6 Å². The molecule has 4 heterocycles. The number of H-pyrrole nitrogens is 1. The first-order chi connectivity index (χ1) is 15.9. The Morgan fingerprint density at radius 2 is 2.12 bits per heavy atom. The van der Waals surface area contributed by atoms with E-state index in [1.54, 1.807) is 13.2 Å². The molecule has 172 valence electrons. The minimum atomic E-state index is -0.144. The molecule has 0 spiro atoms. The van der Waals surface area contributed by atoms with E-state index in [0.717, 1.165) is 40.9 Å². The van der Waals surface area contributed by atoms with Gasteiger partial charge in [0.15, 0.2) is 5.82 Å². The summed E-state index contributed by atoms with van der Waals surface area (Å²) in [5, 5.41) is 0.933. The van der Waals surface area contributed by atoms with Crippen LogP contribution < -0.4 is 16.0 Å². The van der Waals surface area contributed by atoms with Gasteiger partial charge in [0.2, 0.25) is 5.56 Å². The lowest BCUT2D eigenvalue weighted by Gasteiger charge is -2.30. The van der Waals surface area contributed by atoms with E-state index in [0.29, 0.717) is 36.5 Å². The summed E-state index contributed by atoms with van der Waals surface area (Å²) in [5.41, 5.74) is 9.61. The molecule has 0 unspecified atom stereocenters. The number of benzene rings is 1. The van der Waals surface area contributed by atoms with Gasteiger partial charge in [0, 0.05) is 49.7 Å². The van der Waals surface area contributed by atoms with Crippen molar-refractivity contribution in [3.05, 3.63) is 46.2 Å². The zero-order chi connectivity index (χ0) is 23.3. The van der Waals surface area contributed by atoms with Gasteiger partial charge in [-0.15, -0.1) is 0 Å². The first-order valence-corrected chi connectivity index (χ1v) is 11.2. The number of ether oxygens (including phenoxy) is 1. The smallest absolute Gasteiger partial charge is 0.254 e. The Balaban J connectivity index is 1.66. The monoisotopic (exact) mass is 448 g/mol. The number of carbonyl (C=O) groups is 1. The first kappa shape index (κ1) is 21.3. The summed E-state index contributed by atoms with van der Waals surface area (Å²) in [6.07, 6.45) is 1.84. The Morgan fingerprint density at radius 1 is 1.30 bits per heavy atom. The molecule has 5 rings (SSSR count). The van der Waals surface area contributed by atoms with Gasteiger partial charge in [-0.25, -0.2) is 4.98 Å². The van der Waals surface area contributed by atoms with Crippen LogP contribution in [0.2, 0.25) is 0 Å². The Labute approximate surface area is 190 Å². The second-order valence-electron chi connectivity index (χ2n) is 8.59. The fourth-order valence-electron chi connectivity index (χ4n) is 4.87. The van der Waals surface area contributed by atoms with Gasteiger partial charge in [-0.1, -0.05) is 0 Å². The van der Waals surface area contributed by atoms with E-state index < -0.39 is 0 Å². The van der Waals surface area contributed by atoms with Crippen molar-refractivity contribution in [2.75, 3.05) is 20.2 Å². The SMILES string of the molecule is CCn1c(-c2nc3cc(C(=O)N4CCC[C@@H](N)C4)cc(OC)c3n2C)cc2ccc(=O)[nH]c21.